The molecule has 3 nitrogen and oxygen atoms in total. The molecule has 0 heterocycles. The van der Waals surface area contributed by atoms with E-state index in [-0.39, 0.29) is 12.0 Å². The third kappa shape index (κ3) is 1.48. The molecule has 0 aromatic heterocycles. The quantitative estimate of drug-likeness (QED) is 0.431. The van der Waals surface area contributed by atoms with E-state index >= 15 is 0 Å². The molecule has 1 fully saturated rings. The second-order valence-corrected chi connectivity index (χ2v) is 3.43. The second kappa shape index (κ2) is 2.86. The Hall–Kier alpha value is -0.120. The molecular formula is C7H16N2O. The van der Waals surface area contributed by atoms with Crippen molar-refractivity contribution >= 4 is 0 Å². The Labute approximate surface area is 61.8 Å². The summed E-state index contributed by atoms with van der Waals surface area (Å²) >= 11 is 0. The number of hydrazine groups is 1. The van der Waals surface area contributed by atoms with Gasteiger partial charge in [-0.05, 0) is 12.8 Å². The van der Waals surface area contributed by atoms with Crippen molar-refractivity contribution in [2.45, 2.75) is 19.3 Å². The molecule has 0 aliphatic heterocycles. The van der Waals surface area contributed by atoms with E-state index in [9.17, 15) is 0 Å². The van der Waals surface area contributed by atoms with Crippen LogP contribution in [-0.2, 0) is 0 Å². The Kier molecular flexibility index (Phi) is 2.28. The summed E-state index contributed by atoms with van der Waals surface area (Å²) in [6, 6.07) is 0. The maximum Gasteiger partial charge on any atom is 0.0500 e. The van der Waals surface area contributed by atoms with Crippen LogP contribution in [0.15, 0.2) is 0 Å². The summed E-state index contributed by atoms with van der Waals surface area (Å²) in [6.07, 6.45) is 3.50. The van der Waals surface area contributed by atoms with Crippen molar-refractivity contribution in [1.82, 2.24) is 5.01 Å². The molecular weight excluding hydrogens is 128 g/mol. The number of nitrogens with two attached hydrogens (primary N) is 1. The fourth-order valence-corrected chi connectivity index (χ4v) is 1.57. The first-order valence-electron chi connectivity index (χ1n) is 3.75. The summed E-state index contributed by atoms with van der Waals surface area (Å²) in [5.41, 5.74) is 0.142. The summed E-state index contributed by atoms with van der Waals surface area (Å²) in [5, 5.41) is 10.7. The first-order valence-corrected chi connectivity index (χ1v) is 3.75. The van der Waals surface area contributed by atoms with Crippen LogP contribution in [0.1, 0.15) is 19.3 Å². The van der Waals surface area contributed by atoms with Crippen LogP contribution in [-0.4, -0.2) is 30.3 Å². The van der Waals surface area contributed by atoms with Gasteiger partial charge in [0.25, 0.3) is 0 Å². The average molecular weight is 144 g/mol. The largest absolute Gasteiger partial charge is 0.396 e. The highest BCUT2D eigenvalue weighted by molar-refractivity contribution is 4.88. The Bertz CT molecular complexity index is 105. The van der Waals surface area contributed by atoms with Gasteiger partial charge in [-0.25, -0.2) is 5.01 Å². The summed E-state index contributed by atoms with van der Waals surface area (Å²) in [4.78, 5) is 0. The molecule has 0 aromatic carbocycles. The fourth-order valence-electron chi connectivity index (χ4n) is 1.57. The molecule has 0 saturated heterocycles. The van der Waals surface area contributed by atoms with Gasteiger partial charge in [-0.2, -0.15) is 0 Å². The lowest BCUT2D eigenvalue weighted by atomic mass is 9.69. The lowest BCUT2D eigenvalue weighted by Gasteiger charge is -2.41. The molecule has 0 aromatic rings. The van der Waals surface area contributed by atoms with Gasteiger partial charge in [-0.15, -0.1) is 0 Å². The third-order valence-electron chi connectivity index (χ3n) is 2.33. The van der Waals surface area contributed by atoms with Gasteiger partial charge in [-0.3, -0.25) is 5.84 Å². The molecule has 0 amide bonds. The van der Waals surface area contributed by atoms with Crippen molar-refractivity contribution in [3.8, 4) is 0 Å². The fraction of sp³-hybridized carbons (Fsp3) is 1.00. The van der Waals surface area contributed by atoms with Crippen LogP contribution >= 0.6 is 0 Å². The zero-order valence-corrected chi connectivity index (χ0v) is 6.51. The highest BCUT2D eigenvalue weighted by Gasteiger charge is 2.36. The van der Waals surface area contributed by atoms with Crippen molar-refractivity contribution in [3.63, 3.8) is 0 Å². The van der Waals surface area contributed by atoms with E-state index < -0.39 is 0 Å². The van der Waals surface area contributed by atoms with Gasteiger partial charge in [0, 0.05) is 25.6 Å². The highest BCUT2D eigenvalue weighted by atomic mass is 16.3. The van der Waals surface area contributed by atoms with E-state index in [2.05, 4.69) is 0 Å². The molecule has 60 valence electrons. The Morgan fingerprint density at radius 1 is 1.60 bits per heavy atom. The van der Waals surface area contributed by atoms with Crippen LogP contribution < -0.4 is 5.84 Å². The monoisotopic (exact) mass is 144 g/mol. The van der Waals surface area contributed by atoms with E-state index in [1.807, 2.05) is 7.05 Å². The van der Waals surface area contributed by atoms with Crippen molar-refractivity contribution < 1.29 is 5.11 Å². The molecule has 0 bridgehead atoms. The summed E-state index contributed by atoms with van der Waals surface area (Å²) in [7, 11) is 1.84. The zero-order chi connectivity index (χ0) is 7.61. The third-order valence-corrected chi connectivity index (χ3v) is 2.33. The summed E-state index contributed by atoms with van der Waals surface area (Å²) in [6.45, 7) is 1.11. The predicted octanol–water partition coefficient (Wildman–Crippen LogP) is -0.0455. The van der Waals surface area contributed by atoms with Crippen molar-refractivity contribution in [2.75, 3.05) is 20.2 Å². The van der Waals surface area contributed by atoms with Gasteiger partial charge in [-0.1, -0.05) is 6.42 Å². The number of rotatable bonds is 3. The average Bonchev–Trinajstić information content (AvgIpc) is 1.78. The maximum absolute atomic E-state index is 9.00. The Morgan fingerprint density at radius 2 is 2.20 bits per heavy atom. The van der Waals surface area contributed by atoms with Crippen LogP contribution in [0.5, 0.6) is 0 Å². The van der Waals surface area contributed by atoms with E-state index in [0.29, 0.717) is 0 Å². The first kappa shape index (κ1) is 7.98. The zero-order valence-electron chi connectivity index (χ0n) is 6.51. The van der Waals surface area contributed by atoms with E-state index in [1.54, 1.807) is 5.01 Å². The maximum atomic E-state index is 9.00. The van der Waals surface area contributed by atoms with E-state index in [4.69, 9.17) is 10.9 Å². The van der Waals surface area contributed by atoms with Crippen molar-refractivity contribution in [3.05, 3.63) is 0 Å². The second-order valence-electron chi connectivity index (χ2n) is 3.43. The topological polar surface area (TPSA) is 49.5 Å². The molecule has 0 radical (unpaired) electrons. The lowest BCUT2D eigenvalue weighted by molar-refractivity contribution is 0.0145. The SMILES string of the molecule is CN(N)CC1(CO)CCC1. The normalized spacial score (nSPS) is 22.8. The molecule has 1 saturated carbocycles. The lowest BCUT2D eigenvalue weighted by Crippen LogP contribution is -2.45. The van der Waals surface area contributed by atoms with Crippen LogP contribution in [0.4, 0.5) is 0 Å². The standard InChI is InChI=1S/C7H16N2O/c1-9(8)5-7(6-10)3-2-4-7/h10H,2-6,8H2,1H3. The number of aliphatic hydroxyl groups is 1. The minimum Gasteiger partial charge on any atom is -0.396 e. The Morgan fingerprint density at radius 3 is 2.30 bits per heavy atom. The smallest absolute Gasteiger partial charge is 0.0500 e. The molecule has 0 unspecified atom stereocenters. The van der Waals surface area contributed by atoms with Gasteiger partial charge < -0.3 is 5.11 Å². The van der Waals surface area contributed by atoms with Crippen molar-refractivity contribution in [2.24, 2.45) is 11.3 Å². The van der Waals surface area contributed by atoms with Crippen molar-refractivity contribution in [1.29, 1.82) is 0 Å². The minimum atomic E-state index is 0.142. The van der Waals surface area contributed by atoms with Gasteiger partial charge in [0.2, 0.25) is 0 Å². The number of nitrogens with zero attached hydrogens (tertiary/aromatic N) is 1. The van der Waals surface area contributed by atoms with Gasteiger partial charge in [0.1, 0.15) is 0 Å². The van der Waals surface area contributed by atoms with Crippen LogP contribution in [0, 0.1) is 5.41 Å². The summed E-state index contributed by atoms with van der Waals surface area (Å²) < 4.78 is 0. The number of aliphatic hydroxyl groups excluding tert-OH is 1. The molecule has 1 aliphatic rings. The molecule has 10 heavy (non-hydrogen) atoms. The van der Waals surface area contributed by atoms with Gasteiger partial charge in [0.15, 0.2) is 0 Å². The molecule has 0 spiro atoms. The van der Waals surface area contributed by atoms with E-state index in [0.717, 1.165) is 19.4 Å². The van der Waals surface area contributed by atoms with Gasteiger partial charge >= 0.3 is 0 Å². The highest BCUT2D eigenvalue weighted by Crippen LogP contribution is 2.40. The molecule has 0 atom stereocenters. The Balaban J connectivity index is 2.33. The summed E-state index contributed by atoms with van der Waals surface area (Å²) in [5.74, 6) is 5.49. The van der Waals surface area contributed by atoms with E-state index in [1.165, 1.54) is 6.42 Å². The molecule has 3 heteroatoms. The molecule has 1 aliphatic carbocycles. The first-order chi connectivity index (χ1) is 4.68. The predicted molar refractivity (Wildman–Crippen MR) is 40.2 cm³/mol. The van der Waals surface area contributed by atoms with Crippen LogP contribution in [0.25, 0.3) is 0 Å². The minimum absolute atomic E-state index is 0.142. The number of hydrogen-bond acceptors (Lipinski definition) is 3. The molecule has 3 N–H and O–H groups in total. The molecule has 1 rings (SSSR count). The van der Waals surface area contributed by atoms with Crippen LogP contribution in [0.2, 0.25) is 0 Å². The number of hydrogen-bond donors (Lipinski definition) is 2. The van der Waals surface area contributed by atoms with Gasteiger partial charge in [0.05, 0.1) is 0 Å². The van der Waals surface area contributed by atoms with Crippen LogP contribution in [0.3, 0.4) is 0 Å².